The zero-order valence-electron chi connectivity index (χ0n) is 12.5. The molecule has 5 heteroatoms. The van der Waals surface area contributed by atoms with Crippen LogP contribution in [0.3, 0.4) is 0 Å². The summed E-state index contributed by atoms with van der Waals surface area (Å²) in [4.78, 5) is 10.0. The second-order valence-corrected chi connectivity index (χ2v) is 6.28. The van der Waals surface area contributed by atoms with Gasteiger partial charge in [0.05, 0.1) is 24.2 Å². The van der Waals surface area contributed by atoms with Gasteiger partial charge in [-0.15, -0.1) is 0 Å². The van der Waals surface area contributed by atoms with Crippen LogP contribution in [-0.4, -0.2) is 53.9 Å². The van der Waals surface area contributed by atoms with Gasteiger partial charge in [0.2, 0.25) is 0 Å². The van der Waals surface area contributed by atoms with Gasteiger partial charge in [-0.1, -0.05) is 0 Å². The SMILES string of the molecule is COCCC1COC2(CCN(Cc3nc[nH]c3C)C2)C1. The monoisotopic (exact) mass is 279 g/mol. The average molecular weight is 279 g/mol. The number of rotatable bonds is 5. The van der Waals surface area contributed by atoms with E-state index in [1.54, 1.807) is 13.4 Å². The Hall–Kier alpha value is -0.910. The van der Waals surface area contributed by atoms with Crippen molar-refractivity contribution in [2.75, 3.05) is 33.4 Å². The first-order chi connectivity index (χ1) is 9.71. The number of nitrogens with zero attached hydrogens (tertiary/aromatic N) is 2. The van der Waals surface area contributed by atoms with E-state index in [1.165, 1.54) is 12.1 Å². The van der Waals surface area contributed by atoms with Crippen LogP contribution in [0.5, 0.6) is 0 Å². The largest absolute Gasteiger partial charge is 0.385 e. The third kappa shape index (κ3) is 2.90. The Morgan fingerprint density at radius 2 is 2.50 bits per heavy atom. The number of aryl methyl sites for hydroxylation is 1. The van der Waals surface area contributed by atoms with Gasteiger partial charge in [-0.25, -0.2) is 4.98 Å². The predicted molar refractivity (Wildman–Crippen MR) is 76.5 cm³/mol. The van der Waals surface area contributed by atoms with Gasteiger partial charge in [-0.05, 0) is 32.1 Å². The van der Waals surface area contributed by atoms with Crippen LogP contribution < -0.4 is 0 Å². The van der Waals surface area contributed by atoms with Crippen LogP contribution in [0.4, 0.5) is 0 Å². The highest BCUT2D eigenvalue weighted by atomic mass is 16.5. The molecular formula is C15H25N3O2. The molecule has 0 aliphatic carbocycles. The molecule has 3 rings (SSSR count). The summed E-state index contributed by atoms with van der Waals surface area (Å²) >= 11 is 0. The molecule has 0 amide bonds. The maximum atomic E-state index is 6.17. The van der Waals surface area contributed by atoms with Crippen LogP contribution in [0.15, 0.2) is 6.33 Å². The van der Waals surface area contributed by atoms with Gasteiger partial charge in [-0.3, -0.25) is 4.90 Å². The topological polar surface area (TPSA) is 50.4 Å². The normalized spacial score (nSPS) is 30.6. The molecule has 112 valence electrons. The number of hydrogen-bond donors (Lipinski definition) is 1. The Balaban J connectivity index is 1.53. The van der Waals surface area contributed by atoms with Crippen LogP contribution >= 0.6 is 0 Å². The standard InChI is InChI=1S/C15H25N3O2/c1-12-14(17-11-16-12)8-18-5-4-15(10-18)7-13(9-20-15)3-6-19-2/h11,13H,3-10H2,1-2H3,(H,16,17). The van der Waals surface area contributed by atoms with Crippen LogP contribution in [0.2, 0.25) is 0 Å². The highest BCUT2D eigenvalue weighted by molar-refractivity contribution is 5.09. The maximum Gasteiger partial charge on any atom is 0.0925 e. The fourth-order valence-electron chi connectivity index (χ4n) is 3.51. The molecule has 2 fully saturated rings. The lowest BCUT2D eigenvalue weighted by Crippen LogP contribution is -2.32. The van der Waals surface area contributed by atoms with E-state index < -0.39 is 0 Å². The zero-order valence-corrected chi connectivity index (χ0v) is 12.5. The average Bonchev–Trinajstić information content (AvgIpc) is 3.13. The number of aromatic amines is 1. The number of imidazole rings is 1. The highest BCUT2D eigenvalue weighted by Crippen LogP contribution is 2.39. The Bertz CT molecular complexity index is 448. The number of H-pyrrole nitrogens is 1. The van der Waals surface area contributed by atoms with Crippen LogP contribution in [0.1, 0.15) is 30.7 Å². The van der Waals surface area contributed by atoms with Crippen molar-refractivity contribution >= 4 is 0 Å². The Morgan fingerprint density at radius 3 is 3.25 bits per heavy atom. The van der Waals surface area contributed by atoms with Crippen LogP contribution in [-0.2, 0) is 16.0 Å². The summed E-state index contributed by atoms with van der Waals surface area (Å²) in [5.41, 5.74) is 2.44. The Morgan fingerprint density at radius 1 is 1.60 bits per heavy atom. The second kappa shape index (κ2) is 5.84. The number of hydrogen-bond acceptors (Lipinski definition) is 4. The minimum absolute atomic E-state index is 0.0998. The summed E-state index contributed by atoms with van der Waals surface area (Å²) in [6.07, 6.45) is 5.24. The van der Waals surface area contributed by atoms with Gasteiger partial charge >= 0.3 is 0 Å². The first kappa shape index (κ1) is 14.0. The lowest BCUT2D eigenvalue weighted by Gasteiger charge is -2.23. The molecule has 0 radical (unpaired) electrons. The van der Waals surface area contributed by atoms with E-state index in [0.29, 0.717) is 5.92 Å². The van der Waals surface area contributed by atoms with Gasteiger partial charge in [0.1, 0.15) is 0 Å². The number of nitrogens with one attached hydrogen (secondary N) is 1. The summed E-state index contributed by atoms with van der Waals surface area (Å²) in [7, 11) is 1.77. The molecule has 1 aromatic rings. The Labute approximate surface area is 120 Å². The molecule has 3 heterocycles. The van der Waals surface area contributed by atoms with E-state index in [2.05, 4.69) is 21.8 Å². The number of likely N-dealkylation sites (tertiary alicyclic amines) is 1. The fraction of sp³-hybridized carbons (Fsp3) is 0.800. The maximum absolute atomic E-state index is 6.17. The lowest BCUT2D eigenvalue weighted by atomic mass is 9.92. The lowest BCUT2D eigenvalue weighted by molar-refractivity contribution is 0.0107. The van der Waals surface area contributed by atoms with Crippen molar-refractivity contribution in [1.82, 2.24) is 14.9 Å². The minimum atomic E-state index is 0.0998. The summed E-state index contributed by atoms with van der Waals surface area (Å²) in [5, 5.41) is 0. The van der Waals surface area contributed by atoms with Crippen LogP contribution in [0, 0.1) is 12.8 Å². The highest BCUT2D eigenvalue weighted by Gasteiger charge is 2.45. The van der Waals surface area contributed by atoms with E-state index in [4.69, 9.17) is 9.47 Å². The summed E-state index contributed by atoms with van der Waals surface area (Å²) in [6, 6.07) is 0. The zero-order chi connectivity index (χ0) is 14.0. The third-order valence-corrected chi connectivity index (χ3v) is 4.72. The van der Waals surface area contributed by atoms with Gasteiger partial charge in [0.25, 0.3) is 0 Å². The summed E-state index contributed by atoms with van der Waals surface area (Å²) in [5.74, 6) is 0.669. The van der Waals surface area contributed by atoms with Crippen molar-refractivity contribution in [1.29, 1.82) is 0 Å². The molecule has 1 N–H and O–H groups in total. The Kier molecular flexibility index (Phi) is 4.10. The van der Waals surface area contributed by atoms with Crippen molar-refractivity contribution in [2.24, 2.45) is 5.92 Å². The van der Waals surface area contributed by atoms with Gasteiger partial charge in [0, 0.05) is 39.0 Å². The summed E-state index contributed by atoms with van der Waals surface area (Å²) in [6.45, 7) is 6.93. The van der Waals surface area contributed by atoms with E-state index in [0.717, 1.165) is 51.4 Å². The van der Waals surface area contributed by atoms with Gasteiger partial charge < -0.3 is 14.5 Å². The minimum Gasteiger partial charge on any atom is -0.385 e. The molecule has 2 unspecified atom stereocenters. The molecule has 1 spiro atoms. The van der Waals surface area contributed by atoms with Crippen molar-refractivity contribution in [3.05, 3.63) is 17.7 Å². The number of methoxy groups -OCH3 is 1. The first-order valence-electron chi connectivity index (χ1n) is 7.55. The molecule has 0 bridgehead atoms. The first-order valence-corrected chi connectivity index (χ1v) is 7.55. The van der Waals surface area contributed by atoms with E-state index >= 15 is 0 Å². The van der Waals surface area contributed by atoms with Crippen molar-refractivity contribution in [3.8, 4) is 0 Å². The quantitative estimate of drug-likeness (QED) is 0.892. The molecule has 20 heavy (non-hydrogen) atoms. The molecule has 2 saturated heterocycles. The molecule has 0 saturated carbocycles. The summed E-state index contributed by atoms with van der Waals surface area (Å²) < 4.78 is 11.3. The van der Waals surface area contributed by atoms with Gasteiger partial charge in [-0.2, -0.15) is 0 Å². The van der Waals surface area contributed by atoms with Crippen molar-refractivity contribution < 1.29 is 9.47 Å². The van der Waals surface area contributed by atoms with Gasteiger partial charge in [0.15, 0.2) is 0 Å². The smallest absolute Gasteiger partial charge is 0.0925 e. The van der Waals surface area contributed by atoms with Crippen LogP contribution in [0.25, 0.3) is 0 Å². The molecule has 2 atom stereocenters. The van der Waals surface area contributed by atoms with E-state index in [9.17, 15) is 0 Å². The number of aromatic nitrogens is 2. The van der Waals surface area contributed by atoms with E-state index in [-0.39, 0.29) is 5.60 Å². The fourth-order valence-corrected chi connectivity index (χ4v) is 3.51. The number of ether oxygens (including phenoxy) is 2. The molecule has 2 aliphatic heterocycles. The van der Waals surface area contributed by atoms with Crippen molar-refractivity contribution in [2.45, 2.75) is 38.3 Å². The third-order valence-electron chi connectivity index (χ3n) is 4.72. The molecule has 2 aliphatic rings. The molecule has 5 nitrogen and oxygen atoms in total. The molecule has 1 aromatic heterocycles. The second-order valence-electron chi connectivity index (χ2n) is 6.28. The van der Waals surface area contributed by atoms with E-state index in [1.807, 2.05) is 0 Å². The van der Waals surface area contributed by atoms with Crippen molar-refractivity contribution in [3.63, 3.8) is 0 Å². The molecule has 0 aromatic carbocycles. The molecular weight excluding hydrogens is 254 g/mol. The predicted octanol–water partition coefficient (Wildman–Crippen LogP) is 1.74.